The molecule has 0 saturated heterocycles. The molecule has 0 atom stereocenters. The first-order chi connectivity index (χ1) is 25.7. The topological polar surface area (TPSA) is 6.48 Å². The van der Waals surface area contributed by atoms with Crippen molar-refractivity contribution in [2.45, 2.75) is 80.1 Å². The fourth-order valence-corrected chi connectivity index (χ4v) is 8.48. The molecule has 270 valence electrons. The molecule has 0 spiro atoms. The van der Waals surface area contributed by atoms with Crippen molar-refractivity contribution in [3.05, 3.63) is 167 Å². The molecule has 0 aliphatic heterocycles. The minimum Gasteiger partial charge on any atom is -0.309 e. The summed E-state index contributed by atoms with van der Waals surface area (Å²) in [7, 11) is 0. The Morgan fingerprint density at radius 1 is 0.352 bits per heavy atom. The Morgan fingerprint density at radius 3 is 0.981 bits per heavy atom. The van der Waals surface area contributed by atoms with Crippen molar-refractivity contribution in [1.82, 2.24) is 0 Å². The van der Waals surface area contributed by atoms with Crippen LogP contribution in [0.1, 0.15) is 74.9 Å². The van der Waals surface area contributed by atoms with E-state index in [1.165, 1.54) is 88.4 Å². The third-order valence-corrected chi connectivity index (χ3v) is 11.4. The van der Waals surface area contributed by atoms with Gasteiger partial charge in [-0.3, -0.25) is 0 Å². The van der Waals surface area contributed by atoms with Crippen LogP contribution in [-0.4, -0.2) is 0 Å². The van der Waals surface area contributed by atoms with Gasteiger partial charge in [-0.25, -0.2) is 0 Å². The third-order valence-electron chi connectivity index (χ3n) is 11.4. The Morgan fingerprint density at radius 2 is 0.667 bits per heavy atom. The molecule has 0 aliphatic rings. The van der Waals surface area contributed by atoms with E-state index < -0.39 is 0 Å². The second-order valence-electron chi connectivity index (χ2n) is 17.3. The number of aryl methyl sites for hydroxylation is 4. The molecular formula is C52H52N2. The number of anilines is 6. The molecule has 8 aromatic rings. The average Bonchev–Trinajstić information content (AvgIpc) is 3.13. The highest BCUT2D eigenvalue weighted by atomic mass is 15.2. The normalized spacial score (nSPS) is 12.3. The largest absolute Gasteiger partial charge is 0.309 e. The van der Waals surface area contributed by atoms with Crippen LogP contribution in [0.5, 0.6) is 0 Å². The monoisotopic (exact) mass is 704 g/mol. The lowest BCUT2D eigenvalue weighted by molar-refractivity contribution is 0.590. The van der Waals surface area contributed by atoms with E-state index in [9.17, 15) is 0 Å². The van der Waals surface area contributed by atoms with E-state index in [-0.39, 0.29) is 10.8 Å². The van der Waals surface area contributed by atoms with Gasteiger partial charge in [-0.05, 0) is 130 Å². The predicted molar refractivity (Wildman–Crippen MR) is 236 cm³/mol. The number of benzene rings is 8. The second kappa shape index (κ2) is 13.1. The van der Waals surface area contributed by atoms with E-state index in [0.29, 0.717) is 0 Å². The maximum absolute atomic E-state index is 2.49. The molecule has 0 N–H and O–H groups in total. The van der Waals surface area contributed by atoms with Crippen LogP contribution in [0.25, 0.3) is 32.3 Å². The molecule has 2 nitrogen and oxygen atoms in total. The molecule has 0 aliphatic carbocycles. The summed E-state index contributed by atoms with van der Waals surface area (Å²) in [4.78, 5) is 4.98. The summed E-state index contributed by atoms with van der Waals surface area (Å²) < 4.78 is 0. The third kappa shape index (κ3) is 5.99. The number of rotatable bonds is 6. The molecule has 0 radical (unpaired) electrons. The minimum atomic E-state index is 0.0754. The van der Waals surface area contributed by atoms with Crippen LogP contribution in [-0.2, 0) is 10.8 Å². The average molecular weight is 705 g/mol. The lowest BCUT2D eigenvalue weighted by Gasteiger charge is -2.32. The summed E-state index contributed by atoms with van der Waals surface area (Å²) in [5, 5.41) is 7.60. The highest BCUT2D eigenvalue weighted by Crippen LogP contribution is 2.49. The van der Waals surface area contributed by atoms with Crippen LogP contribution in [0, 0.1) is 27.7 Å². The highest BCUT2D eigenvalue weighted by Gasteiger charge is 2.25. The first-order valence-corrected chi connectivity index (χ1v) is 19.4. The summed E-state index contributed by atoms with van der Waals surface area (Å²) in [5.74, 6) is 0. The summed E-state index contributed by atoms with van der Waals surface area (Å²) in [6.45, 7) is 22.6. The Bertz CT molecular complexity index is 2420. The van der Waals surface area contributed by atoms with Crippen molar-refractivity contribution in [2.24, 2.45) is 0 Å². The highest BCUT2D eigenvalue weighted by molar-refractivity contribution is 6.28. The van der Waals surface area contributed by atoms with Crippen molar-refractivity contribution >= 4 is 66.4 Å². The van der Waals surface area contributed by atoms with Gasteiger partial charge in [0.15, 0.2) is 0 Å². The molecule has 2 heteroatoms. The Hall–Kier alpha value is -5.60. The van der Waals surface area contributed by atoms with Crippen molar-refractivity contribution < 1.29 is 0 Å². The van der Waals surface area contributed by atoms with Gasteiger partial charge in [-0.2, -0.15) is 0 Å². The SMILES string of the molecule is Cc1cccc(C)c1N(c1ccc(C(C)(C)C)cc1)c1ccc2ccc3c(N(c4ccc(C(C)(C)C)cc4)c4c(C)cccc4C)ccc4ccc1c2c43. The number of nitrogens with zero attached hydrogens (tertiary/aromatic N) is 2. The van der Waals surface area contributed by atoms with Gasteiger partial charge in [-0.1, -0.05) is 139 Å². The summed E-state index contributed by atoms with van der Waals surface area (Å²) in [6, 6.07) is 50.3. The Kier molecular flexibility index (Phi) is 8.57. The standard InChI is InChI=1S/C52H52N2/c1-33-13-11-14-34(2)49(33)53(41-25-21-39(22-26-41)51(5,6)7)45-31-19-37-18-30-44-46(32-20-38-17-29-43(45)47(37)48(38)44)54(50-35(3)15-12-16-36(50)4)42-27-23-40(24-28-42)52(8,9)10/h11-32H,1-10H3. The van der Waals surface area contributed by atoms with Crippen LogP contribution in [0.2, 0.25) is 0 Å². The molecule has 0 aromatic heterocycles. The fraction of sp³-hybridized carbons (Fsp3) is 0.231. The number of hydrogen-bond donors (Lipinski definition) is 0. The van der Waals surface area contributed by atoms with Crippen LogP contribution in [0.4, 0.5) is 34.1 Å². The van der Waals surface area contributed by atoms with Crippen LogP contribution < -0.4 is 9.80 Å². The molecule has 0 heterocycles. The van der Waals surface area contributed by atoms with E-state index in [1.54, 1.807) is 0 Å². The van der Waals surface area contributed by atoms with Gasteiger partial charge in [0.05, 0.1) is 22.7 Å². The van der Waals surface area contributed by atoms with Crippen molar-refractivity contribution in [3.63, 3.8) is 0 Å². The summed E-state index contributed by atoms with van der Waals surface area (Å²) in [6.07, 6.45) is 0. The quantitative estimate of drug-likeness (QED) is 0.159. The summed E-state index contributed by atoms with van der Waals surface area (Å²) >= 11 is 0. The van der Waals surface area contributed by atoms with E-state index in [0.717, 1.165) is 11.4 Å². The number of hydrogen-bond acceptors (Lipinski definition) is 2. The Labute approximate surface area is 322 Å². The van der Waals surface area contributed by atoms with Gasteiger partial charge in [-0.15, -0.1) is 0 Å². The maximum Gasteiger partial charge on any atom is 0.0540 e. The van der Waals surface area contributed by atoms with E-state index in [1.807, 2.05) is 0 Å². The first-order valence-electron chi connectivity index (χ1n) is 19.4. The van der Waals surface area contributed by atoms with Crippen molar-refractivity contribution in [3.8, 4) is 0 Å². The van der Waals surface area contributed by atoms with E-state index >= 15 is 0 Å². The summed E-state index contributed by atoms with van der Waals surface area (Å²) in [5.41, 5.74) is 15.0. The van der Waals surface area contributed by atoms with Crippen LogP contribution >= 0.6 is 0 Å². The lowest BCUT2D eigenvalue weighted by Crippen LogP contribution is -2.15. The maximum atomic E-state index is 2.49. The smallest absolute Gasteiger partial charge is 0.0540 e. The first kappa shape index (κ1) is 35.4. The van der Waals surface area contributed by atoms with Gasteiger partial charge in [0, 0.05) is 22.1 Å². The Balaban J connectivity index is 1.40. The molecule has 0 saturated carbocycles. The molecule has 0 fully saturated rings. The fourth-order valence-electron chi connectivity index (χ4n) is 8.48. The zero-order valence-electron chi connectivity index (χ0n) is 33.6. The van der Waals surface area contributed by atoms with Crippen molar-refractivity contribution in [2.75, 3.05) is 9.80 Å². The molecule has 8 rings (SSSR count). The molecular weight excluding hydrogens is 653 g/mol. The molecule has 54 heavy (non-hydrogen) atoms. The van der Waals surface area contributed by atoms with Gasteiger partial charge < -0.3 is 9.80 Å². The molecule has 0 bridgehead atoms. The van der Waals surface area contributed by atoms with Gasteiger partial charge >= 0.3 is 0 Å². The van der Waals surface area contributed by atoms with Crippen LogP contribution in [0.3, 0.4) is 0 Å². The zero-order valence-corrected chi connectivity index (χ0v) is 33.6. The van der Waals surface area contributed by atoms with Gasteiger partial charge in [0.2, 0.25) is 0 Å². The predicted octanol–water partition coefficient (Wildman–Crippen LogP) is 15.4. The van der Waals surface area contributed by atoms with Crippen LogP contribution in [0.15, 0.2) is 133 Å². The van der Waals surface area contributed by atoms with E-state index in [4.69, 9.17) is 0 Å². The molecule has 0 amide bonds. The minimum absolute atomic E-state index is 0.0754. The second-order valence-corrected chi connectivity index (χ2v) is 17.3. The zero-order chi connectivity index (χ0) is 38.1. The lowest BCUT2D eigenvalue weighted by atomic mass is 9.87. The van der Waals surface area contributed by atoms with Gasteiger partial charge in [0.25, 0.3) is 0 Å². The van der Waals surface area contributed by atoms with Crippen molar-refractivity contribution in [1.29, 1.82) is 0 Å². The van der Waals surface area contributed by atoms with Gasteiger partial charge in [0.1, 0.15) is 0 Å². The van der Waals surface area contributed by atoms with E-state index in [2.05, 4.69) is 212 Å². The molecule has 0 unspecified atom stereocenters. The number of para-hydroxylation sites is 2. The molecule has 8 aromatic carbocycles.